The van der Waals surface area contributed by atoms with Crippen molar-refractivity contribution in [3.63, 3.8) is 0 Å². The molecule has 0 unspecified atom stereocenters. The van der Waals surface area contributed by atoms with Crippen LogP contribution in [0.4, 0.5) is 5.00 Å². The molecule has 1 heterocycles. The molecule has 2 rings (SSSR count). The molecule has 0 radical (unpaired) electrons. The van der Waals surface area contributed by atoms with E-state index in [1.54, 1.807) is 0 Å². The SMILES string of the molecule is COC(CCC(=O)O)=Nc1sc2c(c1C(N)=O)CCCC2. The van der Waals surface area contributed by atoms with Gasteiger partial charge in [0.2, 0.25) is 0 Å². The van der Waals surface area contributed by atoms with E-state index in [0.717, 1.165) is 36.1 Å². The molecular weight excluding hydrogens is 292 g/mol. The summed E-state index contributed by atoms with van der Waals surface area (Å²) in [7, 11) is 1.44. The van der Waals surface area contributed by atoms with Crippen LogP contribution in [0.5, 0.6) is 0 Å². The average Bonchev–Trinajstić information content (AvgIpc) is 2.81. The summed E-state index contributed by atoms with van der Waals surface area (Å²) in [6, 6.07) is 0. The second-order valence-corrected chi connectivity index (χ2v) is 5.94. The van der Waals surface area contributed by atoms with Crippen LogP contribution in [0.15, 0.2) is 4.99 Å². The number of nitrogens with two attached hydrogens (primary N) is 1. The summed E-state index contributed by atoms with van der Waals surface area (Å²) in [6.07, 6.45) is 4.05. The molecule has 0 saturated carbocycles. The lowest BCUT2D eigenvalue weighted by molar-refractivity contribution is -0.136. The Morgan fingerprint density at radius 2 is 2.05 bits per heavy atom. The molecule has 0 fully saturated rings. The van der Waals surface area contributed by atoms with E-state index >= 15 is 0 Å². The number of carbonyl (C=O) groups excluding carboxylic acids is 1. The molecule has 21 heavy (non-hydrogen) atoms. The fraction of sp³-hybridized carbons (Fsp3) is 0.500. The number of amides is 1. The number of thiophene rings is 1. The molecule has 0 bridgehead atoms. The van der Waals surface area contributed by atoms with Crippen molar-refractivity contribution in [2.75, 3.05) is 7.11 Å². The Balaban J connectivity index is 2.35. The predicted molar refractivity (Wildman–Crippen MR) is 80.5 cm³/mol. The van der Waals surface area contributed by atoms with Crippen LogP contribution in [0.3, 0.4) is 0 Å². The van der Waals surface area contributed by atoms with Crippen molar-refractivity contribution in [1.29, 1.82) is 0 Å². The van der Waals surface area contributed by atoms with Crippen molar-refractivity contribution in [2.24, 2.45) is 10.7 Å². The van der Waals surface area contributed by atoms with Gasteiger partial charge < -0.3 is 15.6 Å². The number of carboxylic acids is 1. The molecule has 1 aliphatic carbocycles. The number of aliphatic imine (C=N–C) groups is 1. The lowest BCUT2D eigenvalue weighted by Crippen LogP contribution is -2.14. The van der Waals surface area contributed by atoms with Crippen molar-refractivity contribution in [3.8, 4) is 0 Å². The number of ether oxygens (including phenoxy) is 1. The number of methoxy groups -OCH3 is 1. The van der Waals surface area contributed by atoms with E-state index in [9.17, 15) is 9.59 Å². The molecule has 0 atom stereocenters. The molecule has 0 saturated heterocycles. The Hall–Kier alpha value is -1.89. The third kappa shape index (κ3) is 3.60. The van der Waals surface area contributed by atoms with Gasteiger partial charge >= 0.3 is 5.97 Å². The quantitative estimate of drug-likeness (QED) is 0.643. The van der Waals surface area contributed by atoms with Crippen LogP contribution < -0.4 is 5.73 Å². The molecule has 1 aromatic heterocycles. The van der Waals surface area contributed by atoms with Gasteiger partial charge in [-0.25, -0.2) is 4.99 Å². The van der Waals surface area contributed by atoms with E-state index in [2.05, 4.69) is 4.99 Å². The standard InChI is InChI=1S/C14H18N2O4S/c1-20-10(6-7-11(17)18)16-14-12(13(15)19)8-4-2-3-5-9(8)21-14/h2-7H2,1H3,(H2,15,19)(H,17,18). The van der Waals surface area contributed by atoms with Gasteiger partial charge in [0, 0.05) is 11.3 Å². The molecule has 0 aromatic carbocycles. The van der Waals surface area contributed by atoms with Gasteiger partial charge in [-0.3, -0.25) is 9.59 Å². The van der Waals surface area contributed by atoms with E-state index in [0.29, 0.717) is 16.5 Å². The fourth-order valence-electron chi connectivity index (χ4n) is 2.42. The summed E-state index contributed by atoms with van der Waals surface area (Å²) in [6.45, 7) is 0. The number of fused-ring (bicyclic) bond motifs is 1. The lowest BCUT2D eigenvalue weighted by Gasteiger charge is -2.10. The van der Waals surface area contributed by atoms with Gasteiger partial charge in [-0.05, 0) is 31.2 Å². The predicted octanol–water partition coefficient (Wildman–Crippen LogP) is 2.27. The number of nitrogens with zero attached hydrogens (tertiary/aromatic N) is 1. The van der Waals surface area contributed by atoms with Crippen molar-refractivity contribution in [3.05, 3.63) is 16.0 Å². The Morgan fingerprint density at radius 3 is 2.67 bits per heavy atom. The van der Waals surface area contributed by atoms with Gasteiger partial charge in [-0.2, -0.15) is 0 Å². The Bertz CT molecular complexity index is 592. The van der Waals surface area contributed by atoms with Crippen molar-refractivity contribution >= 4 is 34.1 Å². The van der Waals surface area contributed by atoms with Gasteiger partial charge in [0.05, 0.1) is 19.1 Å². The third-order valence-electron chi connectivity index (χ3n) is 3.41. The summed E-state index contributed by atoms with van der Waals surface area (Å²) in [4.78, 5) is 27.8. The largest absolute Gasteiger partial charge is 0.484 e. The number of aryl methyl sites for hydroxylation is 1. The summed E-state index contributed by atoms with van der Waals surface area (Å²) >= 11 is 1.45. The maximum absolute atomic E-state index is 11.7. The van der Waals surface area contributed by atoms with Crippen molar-refractivity contribution < 1.29 is 19.4 Å². The van der Waals surface area contributed by atoms with Crippen LogP contribution >= 0.6 is 11.3 Å². The Morgan fingerprint density at radius 1 is 1.33 bits per heavy atom. The van der Waals surface area contributed by atoms with Crippen LogP contribution in [0.1, 0.15) is 46.5 Å². The van der Waals surface area contributed by atoms with Gasteiger partial charge in [-0.15, -0.1) is 11.3 Å². The number of primary amides is 1. The van der Waals surface area contributed by atoms with Gasteiger partial charge in [0.15, 0.2) is 5.90 Å². The van der Waals surface area contributed by atoms with E-state index in [-0.39, 0.29) is 12.8 Å². The molecule has 1 aliphatic rings. The first-order valence-electron chi connectivity index (χ1n) is 6.80. The smallest absolute Gasteiger partial charge is 0.303 e. The van der Waals surface area contributed by atoms with Crippen LogP contribution in [0.2, 0.25) is 0 Å². The maximum Gasteiger partial charge on any atom is 0.303 e. The fourth-order valence-corrected chi connectivity index (χ4v) is 3.70. The minimum atomic E-state index is -0.916. The molecule has 1 amide bonds. The number of carbonyl (C=O) groups is 2. The van der Waals surface area contributed by atoms with Gasteiger partial charge in [-0.1, -0.05) is 0 Å². The summed E-state index contributed by atoms with van der Waals surface area (Å²) in [5.41, 5.74) is 6.96. The van der Waals surface area contributed by atoms with E-state index in [1.165, 1.54) is 18.4 Å². The first-order valence-corrected chi connectivity index (χ1v) is 7.62. The van der Waals surface area contributed by atoms with Crippen molar-refractivity contribution in [2.45, 2.75) is 38.5 Å². The third-order valence-corrected chi connectivity index (χ3v) is 4.60. The molecule has 7 heteroatoms. The summed E-state index contributed by atoms with van der Waals surface area (Å²) < 4.78 is 5.11. The Labute approximate surface area is 126 Å². The number of carboxylic acid groups (broad SMARTS) is 1. The first kappa shape index (κ1) is 15.5. The van der Waals surface area contributed by atoms with E-state index in [1.807, 2.05) is 0 Å². The topological polar surface area (TPSA) is 102 Å². The normalized spacial score (nSPS) is 14.6. The van der Waals surface area contributed by atoms with E-state index in [4.69, 9.17) is 15.6 Å². The minimum Gasteiger partial charge on any atom is -0.484 e. The lowest BCUT2D eigenvalue weighted by atomic mass is 9.95. The van der Waals surface area contributed by atoms with Crippen LogP contribution in [0.25, 0.3) is 0 Å². The second kappa shape index (κ2) is 6.71. The minimum absolute atomic E-state index is 0.0658. The molecular formula is C14H18N2O4S. The molecule has 6 nitrogen and oxygen atoms in total. The molecule has 3 N–H and O–H groups in total. The number of hydrogen-bond donors (Lipinski definition) is 2. The second-order valence-electron chi connectivity index (χ2n) is 4.86. The molecule has 0 spiro atoms. The summed E-state index contributed by atoms with van der Waals surface area (Å²) in [5, 5.41) is 9.26. The zero-order chi connectivity index (χ0) is 15.4. The number of aliphatic carboxylic acids is 1. The van der Waals surface area contributed by atoms with Crippen LogP contribution in [0, 0.1) is 0 Å². The van der Waals surface area contributed by atoms with Gasteiger partial charge in [0.25, 0.3) is 5.91 Å². The Kier molecular flexibility index (Phi) is 4.95. The highest BCUT2D eigenvalue weighted by Crippen LogP contribution is 2.39. The monoisotopic (exact) mass is 310 g/mol. The number of rotatable bonds is 5. The molecule has 114 valence electrons. The van der Waals surface area contributed by atoms with E-state index < -0.39 is 11.9 Å². The maximum atomic E-state index is 11.7. The molecule has 0 aliphatic heterocycles. The van der Waals surface area contributed by atoms with Gasteiger partial charge in [0.1, 0.15) is 5.00 Å². The highest BCUT2D eigenvalue weighted by molar-refractivity contribution is 7.16. The average molecular weight is 310 g/mol. The highest BCUT2D eigenvalue weighted by Gasteiger charge is 2.24. The highest BCUT2D eigenvalue weighted by atomic mass is 32.1. The van der Waals surface area contributed by atoms with Crippen LogP contribution in [-0.4, -0.2) is 30.0 Å². The first-order chi connectivity index (χ1) is 10.0. The van der Waals surface area contributed by atoms with Crippen LogP contribution in [-0.2, 0) is 22.4 Å². The summed E-state index contributed by atoms with van der Waals surface area (Å²) in [5.74, 6) is -1.10. The van der Waals surface area contributed by atoms with Crippen molar-refractivity contribution in [1.82, 2.24) is 0 Å². The zero-order valence-electron chi connectivity index (χ0n) is 11.8. The number of hydrogen-bond acceptors (Lipinski definition) is 5. The molecule has 1 aromatic rings. The zero-order valence-corrected chi connectivity index (χ0v) is 12.7.